The molecule has 0 unspecified atom stereocenters. The summed E-state index contributed by atoms with van der Waals surface area (Å²) in [7, 11) is 0. The van der Waals surface area contributed by atoms with Crippen molar-refractivity contribution in [2.24, 2.45) is 11.8 Å². The van der Waals surface area contributed by atoms with Crippen LogP contribution >= 0.6 is 0 Å². The van der Waals surface area contributed by atoms with Crippen LogP contribution in [0.25, 0.3) is 0 Å². The molecule has 2 fully saturated rings. The predicted molar refractivity (Wildman–Crippen MR) is 57.5 cm³/mol. The maximum Gasteiger partial charge on any atom is 0.158 e. The summed E-state index contributed by atoms with van der Waals surface area (Å²) in [6, 6.07) is 0. The molecule has 0 saturated carbocycles. The Morgan fingerprint density at radius 3 is 2.67 bits per heavy atom. The molecule has 2 heterocycles. The first-order chi connectivity index (χ1) is 7.40. The van der Waals surface area contributed by atoms with Gasteiger partial charge in [0.2, 0.25) is 0 Å². The molecule has 0 aromatic rings. The Kier molecular flexibility index (Phi) is 4.18. The van der Waals surface area contributed by atoms with Crippen LogP contribution in [-0.4, -0.2) is 32.7 Å². The van der Waals surface area contributed by atoms with Crippen molar-refractivity contribution in [3.63, 3.8) is 0 Å². The lowest BCUT2D eigenvalue weighted by Gasteiger charge is -2.32. The van der Waals surface area contributed by atoms with Gasteiger partial charge in [0.05, 0.1) is 13.2 Å². The fraction of sp³-hybridized carbons (Fsp3) is 0.833. The average molecular weight is 212 g/mol. The summed E-state index contributed by atoms with van der Waals surface area (Å²) < 4.78 is 16.5. The SMILES string of the molecule is C=CC[C@@H]1CCOC[C@H]1CC1OCCO1. The topological polar surface area (TPSA) is 27.7 Å². The van der Waals surface area contributed by atoms with E-state index in [-0.39, 0.29) is 6.29 Å². The van der Waals surface area contributed by atoms with Gasteiger partial charge in [0.15, 0.2) is 6.29 Å². The lowest BCUT2D eigenvalue weighted by molar-refractivity contribution is -0.0834. The smallest absolute Gasteiger partial charge is 0.158 e. The molecule has 0 aromatic heterocycles. The fourth-order valence-electron chi connectivity index (χ4n) is 2.42. The highest BCUT2D eigenvalue weighted by atomic mass is 16.7. The summed E-state index contributed by atoms with van der Waals surface area (Å²) in [5.74, 6) is 1.27. The molecule has 2 rings (SSSR count). The van der Waals surface area contributed by atoms with Crippen LogP contribution < -0.4 is 0 Å². The molecule has 0 amide bonds. The summed E-state index contributed by atoms with van der Waals surface area (Å²) in [5, 5.41) is 0. The molecular weight excluding hydrogens is 192 g/mol. The van der Waals surface area contributed by atoms with Gasteiger partial charge < -0.3 is 14.2 Å². The van der Waals surface area contributed by atoms with E-state index < -0.39 is 0 Å². The Morgan fingerprint density at radius 2 is 1.93 bits per heavy atom. The van der Waals surface area contributed by atoms with Crippen LogP contribution in [0.1, 0.15) is 19.3 Å². The summed E-state index contributed by atoms with van der Waals surface area (Å²) >= 11 is 0. The molecular formula is C12H20O3. The Labute approximate surface area is 91.4 Å². The lowest BCUT2D eigenvalue weighted by atomic mass is 9.83. The molecule has 2 aliphatic rings. The minimum Gasteiger partial charge on any atom is -0.381 e. The molecule has 0 aromatic carbocycles. The van der Waals surface area contributed by atoms with Gasteiger partial charge in [-0.15, -0.1) is 6.58 Å². The van der Waals surface area contributed by atoms with Gasteiger partial charge >= 0.3 is 0 Å². The van der Waals surface area contributed by atoms with Gasteiger partial charge in [0.25, 0.3) is 0 Å². The van der Waals surface area contributed by atoms with Gasteiger partial charge in [-0.3, -0.25) is 0 Å². The van der Waals surface area contributed by atoms with Gasteiger partial charge in [0, 0.05) is 19.6 Å². The summed E-state index contributed by atoms with van der Waals surface area (Å²) in [4.78, 5) is 0. The Balaban J connectivity index is 1.83. The van der Waals surface area contributed by atoms with Gasteiger partial charge in [0.1, 0.15) is 0 Å². The molecule has 15 heavy (non-hydrogen) atoms. The average Bonchev–Trinajstić information content (AvgIpc) is 2.74. The van der Waals surface area contributed by atoms with Gasteiger partial charge in [-0.25, -0.2) is 0 Å². The number of ether oxygens (including phenoxy) is 3. The minimum atomic E-state index is 0.00372. The van der Waals surface area contributed by atoms with Crippen LogP contribution in [0, 0.1) is 11.8 Å². The second kappa shape index (κ2) is 5.64. The largest absolute Gasteiger partial charge is 0.381 e. The van der Waals surface area contributed by atoms with Crippen molar-refractivity contribution in [2.45, 2.75) is 25.6 Å². The van der Waals surface area contributed by atoms with E-state index in [1.165, 1.54) is 0 Å². The molecule has 0 spiro atoms. The highest BCUT2D eigenvalue weighted by Crippen LogP contribution is 2.30. The van der Waals surface area contributed by atoms with E-state index in [4.69, 9.17) is 14.2 Å². The summed E-state index contributed by atoms with van der Waals surface area (Å²) in [6.45, 7) is 7.04. The molecule has 2 atom stereocenters. The molecule has 2 aliphatic heterocycles. The van der Waals surface area contributed by atoms with Gasteiger partial charge in [-0.1, -0.05) is 6.08 Å². The second-order valence-corrected chi connectivity index (χ2v) is 4.31. The fourth-order valence-corrected chi connectivity index (χ4v) is 2.42. The standard InChI is InChI=1S/C12H20O3/c1-2-3-10-4-5-13-9-11(10)8-12-14-6-7-15-12/h2,10-12H,1,3-9H2/t10-,11-/m1/s1. The van der Waals surface area contributed by atoms with E-state index in [1.807, 2.05) is 6.08 Å². The van der Waals surface area contributed by atoms with Crippen molar-refractivity contribution < 1.29 is 14.2 Å². The third-order valence-corrected chi connectivity index (χ3v) is 3.29. The Morgan fingerprint density at radius 1 is 1.13 bits per heavy atom. The van der Waals surface area contributed by atoms with Crippen LogP contribution in [0.2, 0.25) is 0 Å². The van der Waals surface area contributed by atoms with Crippen LogP contribution in [0.4, 0.5) is 0 Å². The number of hydrogen-bond donors (Lipinski definition) is 0. The van der Waals surface area contributed by atoms with Crippen LogP contribution in [0.15, 0.2) is 12.7 Å². The highest BCUT2D eigenvalue weighted by molar-refractivity contribution is 4.81. The third kappa shape index (κ3) is 3.03. The first-order valence-corrected chi connectivity index (χ1v) is 5.82. The van der Waals surface area contributed by atoms with E-state index in [0.29, 0.717) is 11.8 Å². The van der Waals surface area contributed by atoms with Crippen molar-refractivity contribution in [3.8, 4) is 0 Å². The molecule has 0 aliphatic carbocycles. The molecule has 0 radical (unpaired) electrons. The quantitative estimate of drug-likeness (QED) is 0.667. The van der Waals surface area contributed by atoms with E-state index in [0.717, 1.165) is 45.7 Å². The summed E-state index contributed by atoms with van der Waals surface area (Å²) in [6.07, 6.45) is 5.21. The zero-order valence-electron chi connectivity index (χ0n) is 9.19. The van der Waals surface area contributed by atoms with Crippen molar-refractivity contribution in [3.05, 3.63) is 12.7 Å². The number of allylic oxidation sites excluding steroid dienone is 1. The lowest BCUT2D eigenvalue weighted by Crippen LogP contribution is -2.30. The predicted octanol–water partition coefficient (Wildman–Crippen LogP) is 1.98. The van der Waals surface area contributed by atoms with Crippen molar-refractivity contribution in [1.82, 2.24) is 0 Å². The molecule has 2 saturated heterocycles. The van der Waals surface area contributed by atoms with Crippen LogP contribution in [0.3, 0.4) is 0 Å². The first kappa shape index (κ1) is 11.1. The zero-order valence-corrected chi connectivity index (χ0v) is 9.19. The van der Waals surface area contributed by atoms with Crippen LogP contribution in [0.5, 0.6) is 0 Å². The molecule has 0 N–H and O–H groups in total. The normalized spacial score (nSPS) is 33.1. The Hall–Kier alpha value is -0.380. The zero-order chi connectivity index (χ0) is 10.5. The molecule has 86 valence electrons. The van der Waals surface area contributed by atoms with E-state index in [9.17, 15) is 0 Å². The number of hydrogen-bond acceptors (Lipinski definition) is 3. The highest BCUT2D eigenvalue weighted by Gasteiger charge is 2.29. The maximum absolute atomic E-state index is 5.52. The summed E-state index contributed by atoms with van der Waals surface area (Å²) in [5.41, 5.74) is 0. The van der Waals surface area contributed by atoms with Crippen LogP contribution in [-0.2, 0) is 14.2 Å². The van der Waals surface area contributed by atoms with Gasteiger partial charge in [-0.05, 0) is 24.7 Å². The van der Waals surface area contributed by atoms with E-state index in [2.05, 4.69) is 6.58 Å². The molecule has 3 heteroatoms. The molecule has 3 nitrogen and oxygen atoms in total. The van der Waals surface area contributed by atoms with Crippen molar-refractivity contribution in [2.75, 3.05) is 26.4 Å². The third-order valence-electron chi connectivity index (χ3n) is 3.29. The second-order valence-electron chi connectivity index (χ2n) is 4.31. The maximum atomic E-state index is 5.52. The monoisotopic (exact) mass is 212 g/mol. The number of rotatable bonds is 4. The van der Waals surface area contributed by atoms with Gasteiger partial charge in [-0.2, -0.15) is 0 Å². The van der Waals surface area contributed by atoms with E-state index in [1.54, 1.807) is 0 Å². The minimum absolute atomic E-state index is 0.00372. The van der Waals surface area contributed by atoms with Crippen molar-refractivity contribution in [1.29, 1.82) is 0 Å². The van der Waals surface area contributed by atoms with E-state index >= 15 is 0 Å². The first-order valence-electron chi connectivity index (χ1n) is 5.82. The molecule has 0 bridgehead atoms. The van der Waals surface area contributed by atoms with Crippen molar-refractivity contribution >= 4 is 0 Å². The Bertz CT molecular complexity index is 199.